The number of hydrogen-bond acceptors (Lipinski definition) is 3. The van der Waals surface area contributed by atoms with Crippen LogP contribution >= 0.6 is 0 Å². The first-order valence-corrected chi connectivity index (χ1v) is 21.6. The molecule has 2 heterocycles. The Labute approximate surface area is 363 Å². The zero-order valence-corrected chi connectivity index (χ0v) is 34.4. The number of aryl methyl sites for hydroxylation is 1. The maximum Gasteiger partial charge on any atom is 0.160 e. The van der Waals surface area contributed by atoms with Gasteiger partial charge < -0.3 is 0 Å². The molecule has 0 amide bonds. The van der Waals surface area contributed by atoms with Crippen molar-refractivity contribution in [2.75, 3.05) is 0 Å². The zero-order chi connectivity index (χ0) is 41.2. The van der Waals surface area contributed by atoms with Gasteiger partial charge in [-0.1, -0.05) is 176 Å². The van der Waals surface area contributed by atoms with Gasteiger partial charge in [0.05, 0.1) is 11.4 Å². The van der Waals surface area contributed by atoms with Crippen LogP contribution in [0.5, 0.6) is 0 Å². The molecule has 0 bridgehead atoms. The minimum atomic E-state index is 0.692. The molecule has 0 spiro atoms. The molecule has 3 nitrogen and oxygen atoms in total. The number of nitrogens with zero attached hydrogens (tertiary/aromatic N) is 3. The summed E-state index contributed by atoms with van der Waals surface area (Å²) in [6.45, 7) is 0. The first kappa shape index (κ1) is 37.3. The van der Waals surface area contributed by atoms with Gasteiger partial charge in [-0.3, -0.25) is 4.98 Å². The summed E-state index contributed by atoms with van der Waals surface area (Å²) in [6.07, 6.45) is 21.0. The average molecular weight is 794 g/mol. The van der Waals surface area contributed by atoms with Crippen molar-refractivity contribution in [1.29, 1.82) is 0 Å². The lowest BCUT2D eigenvalue weighted by Gasteiger charge is -2.18. The van der Waals surface area contributed by atoms with Crippen molar-refractivity contribution in [3.8, 4) is 78.4 Å². The van der Waals surface area contributed by atoms with Gasteiger partial charge in [-0.25, -0.2) is 9.97 Å². The van der Waals surface area contributed by atoms with Crippen LogP contribution in [-0.2, 0) is 19.3 Å². The Hall–Kier alpha value is -7.75. The summed E-state index contributed by atoms with van der Waals surface area (Å²) in [4.78, 5) is 14.9. The third kappa shape index (κ3) is 7.29. The molecule has 0 aliphatic heterocycles. The molecule has 2 aliphatic rings. The Morgan fingerprint density at radius 1 is 0.387 bits per heavy atom. The number of aromatic nitrogens is 3. The molecule has 7 aromatic carbocycles. The molecule has 2 aliphatic carbocycles. The minimum absolute atomic E-state index is 0.692. The Morgan fingerprint density at radius 3 is 1.87 bits per heavy atom. The lowest BCUT2D eigenvalue weighted by atomic mass is 9.87. The van der Waals surface area contributed by atoms with Crippen LogP contribution in [0.3, 0.4) is 0 Å². The van der Waals surface area contributed by atoms with E-state index in [1.54, 1.807) is 6.20 Å². The second kappa shape index (κ2) is 16.4. The van der Waals surface area contributed by atoms with Crippen molar-refractivity contribution in [2.45, 2.75) is 25.7 Å². The second-order valence-electron chi connectivity index (χ2n) is 16.2. The van der Waals surface area contributed by atoms with Gasteiger partial charge in [-0.05, 0) is 127 Å². The first-order chi connectivity index (χ1) is 30.7. The summed E-state index contributed by atoms with van der Waals surface area (Å²) in [5.41, 5.74) is 19.8. The van der Waals surface area contributed by atoms with Crippen LogP contribution in [0.4, 0.5) is 0 Å². The Balaban J connectivity index is 0.990. The van der Waals surface area contributed by atoms with Gasteiger partial charge in [-0.2, -0.15) is 0 Å². The van der Waals surface area contributed by atoms with Gasteiger partial charge in [0.15, 0.2) is 5.82 Å². The van der Waals surface area contributed by atoms with E-state index in [0.29, 0.717) is 5.82 Å². The lowest BCUT2D eigenvalue weighted by Crippen LogP contribution is -1.98. The number of benzene rings is 7. The third-order valence-corrected chi connectivity index (χ3v) is 12.4. The molecule has 0 fully saturated rings. The van der Waals surface area contributed by atoms with E-state index >= 15 is 0 Å². The van der Waals surface area contributed by atoms with Gasteiger partial charge in [0.2, 0.25) is 0 Å². The lowest BCUT2D eigenvalue weighted by molar-refractivity contribution is 0.990. The SMILES string of the molecule is C1=Cc2c(cc(-c3cccc(-c4cc(-c5ccc(-c6cccnc6)cc5)nc(-c5ccc(-c6ccc7c(c6)C/C=C\C=C/Cc6ccccc6-7)cc5)n4)c3)c3ccccc23)CC1. The van der Waals surface area contributed by atoms with Crippen LogP contribution in [0.1, 0.15) is 28.7 Å². The van der Waals surface area contributed by atoms with E-state index in [1.807, 2.05) is 12.3 Å². The van der Waals surface area contributed by atoms with Crippen molar-refractivity contribution in [1.82, 2.24) is 15.0 Å². The van der Waals surface area contributed by atoms with E-state index in [4.69, 9.17) is 9.97 Å². The van der Waals surface area contributed by atoms with Crippen LogP contribution in [0, 0.1) is 0 Å². The van der Waals surface area contributed by atoms with Crippen molar-refractivity contribution in [3.05, 3.63) is 229 Å². The van der Waals surface area contributed by atoms with Crippen LogP contribution in [0.2, 0.25) is 0 Å². The molecule has 0 N–H and O–H groups in total. The highest BCUT2D eigenvalue weighted by Crippen LogP contribution is 2.39. The largest absolute Gasteiger partial charge is 0.264 e. The predicted molar refractivity (Wildman–Crippen MR) is 258 cm³/mol. The Kier molecular flexibility index (Phi) is 9.84. The molecule has 62 heavy (non-hydrogen) atoms. The zero-order valence-electron chi connectivity index (χ0n) is 34.4. The molecule has 9 aromatic rings. The molecular formula is C59H43N3. The van der Waals surface area contributed by atoms with Gasteiger partial charge in [0, 0.05) is 29.1 Å². The standard InChI is InChI=1S/C59H43N3/c1-2-4-15-46-35-45(32-33-53(46)51-20-7-5-14-42(51)13-3-1)40-26-30-44(31-27-40)59-61-57(43-28-24-41(25-29-43)50-19-12-34-60-39-50)38-58(62-59)49-18-11-17-47(36-49)56-37-48-16-6-8-21-52(48)54-22-9-10-23-55(54)56/h1-5,7-12,14,17-39H,6,13,15-16H2/b3-1-,4-2-. The fraction of sp³-hybridized carbons (Fsp3) is 0.0678. The molecular weight excluding hydrogens is 751 g/mol. The summed E-state index contributed by atoms with van der Waals surface area (Å²) in [5, 5.41) is 2.57. The molecule has 0 saturated heterocycles. The van der Waals surface area contributed by atoms with Gasteiger partial charge >= 0.3 is 0 Å². The Morgan fingerprint density at radius 2 is 1.05 bits per heavy atom. The molecule has 294 valence electrons. The summed E-state index contributed by atoms with van der Waals surface area (Å²) in [5.74, 6) is 0.692. The molecule has 3 heteroatoms. The van der Waals surface area contributed by atoms with E-state index < -0.39 is 0 Å². The number of rotatable bonds is 6. The van der Waals surface area contributed by atoms with E-state index in [1.165, 1.54) is 60.8 Å². The van der Waals surface area contributed by atoms with Gasteiger partial charge in [0.25, 0.3) is 0 Å². The van der Waals surface area contributed by atoms with Crippen LogP contribution < -0.4 is 0 Å². The topological polar surface area (TPSA) is 38.7 Å². The van der Waals surface area contributed by atoms with E-state index in [2.05, 4.69) is 199 Å². The van der Waals surface area contributed by atoms with Gasteiger partial charge in [-0.15, -0.1) is 0 Å². The van der Waals surface area contributed by atoms with E-state index in [9.17, 15) is 0 Å². The number of allylic oxidation sites excluding steroid dienone is 5. The van der Waals surface area contributed by atoms with Crippen LogP contribution in [-0.4, -0.2) is 15.0 Å². The molecule has 11 rings (SSSR count). The van der Waals surface area contributed by atoms with Crippen LogP contribution in [0.25, 0.3) is 95.3 Å². The van der Waals surface area contributed by atoms with Gasteiger partial charge in [0.1, 0.15) is 0 Å². The maximum atomic E-state index is 5.31. The van der Waals surface area contributed by atoms with Crippen LogP contribution in [0.15, 0.2) is 207 Å². The Bertz CT molecular complexity index is 3210. The van der Waals surface area contributed by atoms with Crippen molar-refractivity contribution >= 4 is 16.8 Å². The fourth-order valence-electron chi connectivity index (χ4n) is 9.15. The van der Waals surface area contributed by atoms with E-state index in [-0.39, 0.29) is 0 Å². The summed E-state index contributed by atoms with van der Waals surface area (Å²) in [7, 11) is 0. The molecule has 2 aromatic heterocycles. The summed E-state index contributed by atoms with van der Waals surface area (Å²) < 4.78 is 0. The normalized spacial score (nSPS) is 14.1. The second-order valence-corrected chi connectivity index (χ2v) is 16.2. The quantitative estimate of drug-likeness (QED) is 0.168. The highest BCUT2D eigenvalue weighted by atomic mass is 14.9. The maximum absolute atomic E-state index is 5.31. The highest BCUT2D eigenvalue weighted by Gasteiger charge is 2.17. The predicted octanol–water partition coefficient (Wildman–Crippen LogP) is 14.9. The molecule has 0 radical (unpaired) electrons. The number of pyridine rings is 1. The smallest absolute Gasteiger partial charge is 0.160 e. The summed E-state index contributed by atoms with van der Waals surface area (Å²) >= 11 is 0. The number of fused-ring (bicyclic) bond motifs is 6. The fourth-order valence-corrected chi connectivity index (χ4v) is 9.15. The molecule has 0 atom stereocenters. The number of hydrogen-bond donors (Lipinski definition) is 0. The molecule has 0 unspecified atom stereocenters. The van der Waals surface area contributed by atoms with Crippen molar-refractivity contribution < 1.29 is 0 Å². The van der Waals surface area contributed by atoms with Crippen molar-refractivity contribution in [2.24, 2.45) is 0 Å². The van der Waals surface area contributed by atoms with E-state index in [0.717, 1.165) is 70.5 Å². The van der Waals surface area contributed by atoms with Crippen molar-refractivity contribution in [3.63, 3.8) is 0 Å². The first-order valence-electron chi connectivity index (χ1n) is 21.6. The molecule has 0 saturated carbocycles. The average Bonchev–Trinajstić information content (AvgIpc) is 3.35. The summed E-state index contributed by atoms with van der Waals surface area (Å²) in [6, 6.07) is 59.3. The minimum Gasteiger partial charge on any atom is -0.264 e. The highest BCUT2D eigenvalue weighted by molar-refractivity contribution is 6.03. The monoisotopic (exact) mass is 793 g/mol. The third-order valence-electron chi connectivity index (χ3n) is 12.4.